The normalized spacial score (nSPS) is 15.8. The van der Waals surface area contributed by atoms with Crippen molar-refractivity contribution in [3.63, 3.8) is 0 Å². The Morgan fingerprint density at radius 3 is 2.46 bits per heavy atom. The zero-order valence-electron chi connectivity index (χ0n) is 13.3. The van der Waals surface area contributed by atoms with Gasteiger partial charge in [-0.1, -0.05) is 30.7 Å². The lowest BCUT2D eigenvalue weighted by molar-refractivity contribution is -0.137. The second-order valence-electron chi connectivity index (χ2n) is 5.46. The van der Waals surface area contributed by atoms with Crippen LogP contribution in [0.5, 0.6) is 0 Å². The Hall–Kier alpha value is -1.43. The second-order valence-corrected chi connectivity index (χ2v) is 5.46. The molecule has 1 saturated heterocycles. The van der Waals surface area contributed by atoms with Crippen molar-refractivity contribution in [1.82, 2.24) is 4.90 Å². The third kappa shape index (κ3) is 6.59. The van der Waals surface area contributed by atoms with Crippen LogP contribution in [0.25, 0.3) is 0 Å². The van der Waals surface area contributed by atoms with E-state index in [1.807, 2.05) is 4.90 Å². The summed E-state index contributed by atoms with van der Waals surface area (Å²) in [5.74, 6) is 5.91. The van der Waals surface area contributed by atoms with Gasteiger partial charge in [0, 0.05) is 18.7 Å². The molecule has 0 radical (unpaired) electrons. The largest absolute Gasteiger partial charge is 0.416 e. The molecule has 1 aliphatic rings. The quantitative estimate of drug-likeness (QED) is 0.305. The molecule has 24 heavy (non-hydrogen) atoms. The highest BCUT2D eigenvalue weighted by molar-refractivity contribution is 14.0. The Bertz CT molecular complexity index is 609. The minimum Gasteiger partial charge on any atom is -0.370 e. The monoisotopic (exact) mass is 451 g/mol. The predicted octanol–water partition coefficient (Wildman–Crippen LogP) is 3.87. The number of benzene rings is 1. The first-order valence-electron chi connectivity index (χ1n) is 7.68. The van der Waals surface area contributed by atoms with Gasteiger partial charge in [0.1, 0.15) is 6.54 Å². The number of nitrogens with zero attached hydrogens (tertiary/aromatic N) is 2. The molecule has 0 aromatic heterocycles. The molecule has 1 aromatic rings. The lowest BCUT2D eigenvalue weighted by atomic mass is 10.1. The van der Waals surface area contributed by atoms with Crippen LogP contribution in [-0.4, -0.2) is 30.5 Å². The summed E-state index contributed by atoms with van der Waals surface area (Å²) < 4.78 is 37.8. The molecule has 2 rings (SSSR count). The first-order chi connectivity index (χ1) is 11.0. The number of hydrogen-bond donors (Lipinski definition) is 1. The summed E-state index contributed by atoms with van der Waals surface area (Å²) in [6.45, 7) is 1.98. The molecule has 3 nitrogen and oxygen atoms in total. The number of alkyl halides is 3. The molecular weight excluding hydrogens is 430 g/mol. The number of halogens is 4. The van der Waals surface area contributed by atoms with Gasteiger partial charge in [0.15, 0.2) is 5.96 Å². The van der Waals surface area contributed by atoms with E-state index in [0.29, 0.717) is 11.5 Å². The topological polar surface area (TPSA) is 41.6 Å². The number of guanidine groups is 1. The second kappa shape index (κ2) is 9.77. The third-order valence-corrected chi connectivity index (χ3v) is 3.67. The van der Waals surface area contributed by atoms with Crippen LogP contribution in [0.4, 0.5) is 13.2 Å². The maximum absolute atomic E-state index is 12.6. The van der Waals surface area contributed by atoms with E-state index in [-0.39, 0.29) is 30.5 Å². The molecule has 1 aromatic carbocycles. The van der Waals surface area contributed by atoms with Crippen molar-refractivity contribution in [2.75, 3.05) is 19.6 Å². The zero-order valence-corrected chi connectivity index (χ0v) is 15.6. The average Bonchev–Trinajstić information content (AvgIpc) is 2.80. The summed E-state index contributed by atoms with van der Waals surface area (Å²) in [6.07, 6.45) is 0.267. The lowest BCUT2D eigenvalue weighted by Crippen LogP contribution is -2.38. The highest BCUT2D eigenvalue weighted by Crippen LogP contribution is 2.29. The molecule has 0 spiro atoms. The maximum atomic E-state index is 12.6. The summed E-state index contributed by atoms with van der Waals surface area (Å²) in [5, 5.41) is 0. The van der Waals surface area contributed by atoms with Gasteiger partial charge in [-0.25, -0.2) is 4.99 Å². The highest BCUT2D eigenvalue weighted by atomic mass is 127. The summed E-state index contributed by atoms with van der Waals surface area (Å²) >= 11 is 0. The number of hydrogen-bond acceptors (Lipinski definition) is 1. The van der Waals surface area contributed by atoms with Gasteiger partial charge < -0.3 is 10.6 Å². The van der Waals surface area contributed by atoms with Crippen molar-refractivity contribution in [3.8, 4) is 11.8 Å². The SMILES string of the molecule is I.NC(=NCC#Cc1cccc(C(F)(F)F)c1)N1CCCCCC1. The molecule has 0 amide bonds. The molecule has 0 aliphatic carbocycles. The fourth-order valence-corrected chi connectivity index (χ4v) is 2.44. The van der Waals surface area contributed by atoms with Crippen molar-refractivity contribution < 1.29 is 13.2 Å². The van der Waals surface area contributed by atoms with Gasteiger partial charge in [-0.2, -0.15) is 13.2 Å². The van der Waals surface area contributed by atoms with E-state index in [4.69, 9.17) is 5.73 Å². The Kier molecular flexibility index (Phi) is 8.39. The Morgan fingerprint density at radius 2 is 1.83 bits per heavy atom. The molecular formula is C17H21F3IN3. The van der Waals surface area contributed by atoms with Gasteiger partial charge in [-0.05, 0) is 31.0 Å². The standard InChI is InChI=1S/C17H20F3N3.HI/c18-17(19,20)15-9-5-7-14(13-15)8-6-10-22-16(21)23-11-3-1-2-4-12-23;/h5,7,9,13H,1-4,10-12H2,(H2,21,22);1H. The van der Waals surface area contributed by atoms with Crippen LogP contribution in [0, 0.1) is 11.8 Å². The van der Waals surface area contributed by atoms with E-state index in [0.717, 1.165) is 38.1 Å². The van der Waals surface area contributed by atoms with E-state index >= 15 is 0 Å². The van der Waals surface area contributed by atoms with Crippen LogP contribution in [0.2, 0.25) is 0 Å². The molecule has 1 aliphatic heterocycles. The van der Waals surface area contributed by atoms with Crippen molar-refractivity contribution >= 4 is 29.9 Å². The van der Waals surface area contributed by atoms with E-state index in [1.165, 1.54) is 18.9 Å². The minimum atomic E-state index is -4.35. The molecule has 0 atom stereocenters. The lowest BCUT2D eigenvalue weighted by Gasteiger charge is -2.20. The predicted molar refractivity (Wildman–Crippen MR) is 100 cm³/mol. The fourth-order valence-electron chi connectivity index (χ4n) is 2.44. The number of aliphatic imine (C=N–C) groups is 1. The van der Waals surface area contributed by atoms with Crippen LogP contribution >= 0.6 is 24.0 Å². The van der Waals surface area contributed by atoms with Gasteiger partial charge in [-0.15, -0.1) is 24.0 Å². The van der Waals surface area contributed by atoms with Crippen molar-refractivity contribution in [3.05, 3.63) is 35.4 Å². The van der Waals surface area contributed by atoms with Crippen LogP contribution in [-0.2, 0) is 6.18 Å². The van der Waals surface area contributed by atoms with Crippen LogP contribution in [0.1, 0.15) is 36.8 Å². The van der Waals surface area contributed by atoms with Gasteiger partial charge in [0.2, 0.25) is 0 Å². The molecule has 7 heteroatoms. The Labute approximate surface area is 157 Å². The van der Waals surface area contributed by atoms with E-state index in [9.17, 15) is 13.2 Å². The van der Waals surface area contributed by atoms with Gasteiger partial charge in [0.05, 0.1) is 5.56 Å². The number of likely N-dealkylation sites (tertiary alicyclic amines) is 1. The molecule has 132 valence electrons. The van der Waals surface area contributed by atoms with Crippen LogP contribution in [0.15, 0.2) is 29.3 Å². The number of rotatable bonds is 1. The zero-order chi connectivity index (χ0) is 16.7. The van der Waals surface area contributed by atoms with Gasteiger partial charge in [0.25, 0.3) is 0 Å². The smallest absolute Gasteiger partial charge is 0.370 e. The van der Waals surface area contributed by atoms with E-state index in [2.05, 4.69) is 16.8 Å². The van der Waals surface area contributed by atoms with E-state index in [1.54, 1.807) is 6.07 Å². The van der Waals surface area contributed by atoms with Gasteiger partial charge >= 0.3 is 6.18 Å². The van der Waals surface area contributed by atoms with E-state index < -0.39 is 11.7 Å². The summed E-state index contributed by atoms with van der Waals surface area (Å²) in [6, 6.07) is 4.96. The van der Waals surface area contributed by atoms with Crippen molar-refractivity contribution in [2.24, 2.45) is 10.7 Å². The molecule has 0 saturated carbocycles. The first kappa shape index (κ1) is 20.6. The van der Waals surface area contributed by atoms with Crippen molar-refractivity contribution in [2.45, 2.75) is 31.9 Å². The van der Waals surface area contributed by atoms with Gasteiger partial charge in [-0.3, -0.25) is 0 Å². The number of nitrogens with two attached hydrogens (primary N) is 1. The minimum absolute atomic E-state index is 0. The molecule has 0 bridgehead atoms. The summed E-state index contributed by atoms with van der Waals surface area (Å²) in [4.78, 5) is 6.24. The molecule has 1 heterocycles. The molecule has 1 fully saturated rings. The Morgan fingerprint density at radius 1 is 1.17 bits per heavy atom. The summed E-state index contributed by atoms with van der Waals surface area (Å²) in [5.41, 5.74) is 5.56. The maximum Gasteiger partial charge on any atom is 0.416 e. The highest BCUT2D eigenvalue weighted by Gasteiger charge is 2.30. The van der Waals surface area contributed by atoms with Crippen LogP contribution < -0.4 is 5.73 Å². The molecule has 2 N–H and O–H groups in total. The first-order valence-corrected chi connectivity index (χ1v) is 7.68. The fraction of sp³-hybridized carbons (Fsp3) is 0.471. The van der Waals surface area contributed by atoms with Crippen LogP contribution in [0.3, 0.4) is 0 Å². The average molecular weight is 451 g/mol. The third-order valence-electron chi connectivity index (χ3n) is 3.67. The molecule has 0 unspecified atom stereocenters. The Balaban J connectivity index is 0.00000288. The summed E-state index contributed by atoms with van der Waals surface area (Å²) in [7, 11) is 0. The van der Waals surface area contributed by atoms with Crippen molar-refractivity contribution in [1.29, 1.82) is 0 Å².